The fourth-order valence-electron chi connectivity index (χ4n) is 1.72. The van der Waals surface area contributed by atoms with Gasteiger partial charge >= 0.3 is 0 Å². The van der Waals surface area contributed by atoms with Crippen molar-refractivity contribution >= 4 is 5.78 Å². The van der Waals surface area contributed by atoms with Crippen LogP contribution in [-0.4, -0.2) is 17.0 Å². The fraction of sp³-hybridized carbons (Fsp3) is 0.545. The molecular weight excluding hydrogens is 164 g/mol. The molecule has 2 nitrogen and oxygen atoms in total. The van der Waals surface area contributed by atoms with Crippen LogP contribution in [0.25, 0.3) is 0 Å². The molecule has 72 valence electrons. The van der Waals surface area contributed by atoms with Gasteiger partial charge in [-0.1, -0.05) is 19.4 Å². The molecule has 1 N–H and O–H groups in total. The van der Waals surface area contributed by atoms with Gasteiger partial charge in [0.15, 0.2) is 5.78 Å². The monoisotopic (exact) mass is 180 g/mol. The van der Waals surface area contributed by atoms with Crippen LogP contribution in [0, 0.1) is 5.92 Å². The van der Waals surface area contributed by atoms with Crippen molar-refractivity contribution in [2.24, 2.45) is 5.92 Å². The van der Waals surface area contributed by atoms with Crippen LogP contribution in [0.3, 0.4) is 0 Å². The van der Waals surface area contributed by atoms with Crippen LogP contribution < -0.4 is 0 Å². The molecule has 0 fully saturated rings. The van der Waals surface area contributed by atoms with Gasteiger partial charge in [-0.05, 0) is 24.5 Å². The zero-order valence-electron chi connectivity index (χ0n) is 7.99. The van der Waals surface area contributed by atoms with Gasteiger partial charge in [0.05, 0.1) is 12.0 Å². The third-order valence-electron chi connectivity index (χ3n) is 2.41. The van der Waals surface area contributed by atoms with E-state index in [4.69, 9.17) is 0 Å². The number of allylic oxidation sites excluding steroid dienone is 2. The lowest BCUT2D eigenvalue weighted by Gasteiger charge is -2.14. The molecule has 0 saturated heterocycles. The van der Waals surface area contributed by atoms with Gasteiger partial charge < -0.3 is 5.11 Å². The molecule has 0 aromatic carbocycles. The standard InChI is InChI=1S/C11H16O2/c1-3-5-8-7-10(12)9(6-4-2)11(8)13/h4,7,9,11,13H,2-3,5-6H2,1H3. The molecule has 2 atom stereocenters. The highest BCUT2D eigenvalue weighted by Gasteiger charge is 2.32. The maximum absolute atomic E-state index is 11.4. The molecule has 0 aliphatic heterocycles. The van der Waals surface area contributed by atoms with Crippen LogP contribution in [0.15, 0.2) is 24.3 Å². The van der Waals surface area contributed by atoms with E-state index in [-0.39, 0.29) is 11.7 Å². The second-order valence-corrected chi connectivity index (χ2v) is 3.45. The van der Waals surface area contributed by atoms with Crippen molar-refractivity contribution in [1.82, 2.24) is 0 Å². The number of aliphatic hydroxyl groups is 1. The largest absolute Gasteiger partial charge is 0.388 e. The van der Waals surface area contributed by atoms with Crippen LogP contribution in [0.4, 0.5) is 0 Å². The van der Waals surface area contributed by atoms with Gasteiger partial charge in [0.25, 0.3) is 0 Å². The predicted octanol–water partition coefficient (Wildman–Crippen LogP) is 1.85. The Morgan fingerprint density at radius 1 is 1.69 bits per heavy atom. The van der Waals surface area contributed by atoms with Crippen molar-refractivity contribution < 1.29 is 9.90 Å². The molecule has 0 aromatic rings. The van der Waals surface area contributed by atoms with Crippen molar-refractivity contribution in [2.45, 2.75) is 32.3 Å². The summed E-state index contributed by atoms with van der Waals surface area (Å²) in [5, 5.41) is 9.74. The minimum absolute atomic E-state index is 0.0517. The van der Waals surface area contributed by atoms with Gasteiger partial charge in [-0.2, -0.15) is 0 Å². The molecule has 0 bridgehead atoms. The Balaban J connectivity index is 2.67. The van der Waals surface area contributed by atoms with Crippen LogP contribution in [0.2, 0.25) is 0 Å². The maximum atomic E-state index is 11.4. The van der Waals surface area contributed by atoms with Gasteiger partial charge in [0.2, 0.25) is 0 Å². The van der Waals surface area contributed by atoms with E-state index in [1.165, 1.54) is 0 Å². The lowest BCUT2D eigenvalue weighted by atomic mass is 9.96. The van der Waals surface area contributed by atoms with Crippen molar-refractivity contribution in [3.8, 4) is 0 Å². The van der Waals surface area contributed by atoms with Gasteiger partial charge in [-0.3, -0.25) is 4.79 Å². The van der Waals surface area contributed by atoms with Gasteiger partial charge in [-0.25, -0.2) is 0 Å². The molecule has 1 rings (SSSR count). The average Bonchev–Trinajstić information content (AvgIpc) is 2.34. The molecule has 1 aliphatic rings. The first kappa shape index (κ1) is 10.2. The van der Waals surface area contributed by atoms with Crippen molar-refractivity contribution in [1.29, 1.82) is 0 Å². The number of carbonyl (C=O) groups is 1. The first-order valence-corrected chi connectivity index (χ1v) is 4.74. The molecule has 0 spiro atoms. The topological polar surface area (TPSA) is 37.3 Å². The second-order valence-electron chi connectivity index (χ2n) is 3.45. The highest BCUT2D eigenvalue weighted by Crippen LogP contribution is 2.28. The summed E-state index contributed by atoms with van der Waals surface area (Å²) < 4.78 is 0. The van der Waals surface area contributed by atoms with Gasteiger partial charge in [0, 0.05) is 0 Å². The summed E-state index contributed by atoms with van der Waals surface area (Å²) in [7, 11) is 0. The number of rotatable bonds is 4. The van der Waals surface area contributed by atoms with E-state index in [2.05, 4.69) is 6.58 Å². The molecule has 13 heavy (non-hydrogen) atoms. The van der Waals surface area contributed by atoms with Gasteiger partial charge in [-0.15, -0.1) is 6.58 Å². The lowest BCUT2D eigenvalue weighted by molar-refractivity contribution is -0.119. The Morgan fingerprint density at radius 2 is 2.38 bits per heavy atom. The summed E-state index contributed by atoms with van der Waals surface area (Å²) >= 11 is 0. The Kier molecular flexibility index (Phi) is 3.43. The van der Waals surface area contributed by atoms with E-state index in [1.54, 1.807) is 12.2 Å². The summed E-state index contributed by atoms with van der Waals surface area (Å²) in [6.07, 6.45) is 5.09. The molecule has 2 heteroatoms. The number of hydrogen-bond acceptors (Lipinski definition) is 2. The first-order valence-electron chi connectivity index (χ1n) is 4.74. The summed E-state index contributed by atoms with van der Waals surface area (Å²) in [5.41, 5.74) is 0.888. The van der Waals surface area contributed by atoms with E-state index in [0.29, 0.717) is 6.42 Å². The Morgan fingerprint density at radius 3 is 2.92 bits per heavy atom. The first-order chi connectivity index (χ1) is 6.20. The molecule has 0 heterocycles. The average molecular weight is 180 g/mol. The Labute approximate surface area is 79.0 Å². The van der Waals surface area contributed by atoms with E-state index >= 15 is 0 Å². The minimum Gasteiger partial charge on any atom is -0.388 e. The molecule has 2 unspecified atom stereocenters. The zero-order chi connectivity index (χ0) is 9.84. The predicted molar refractivity (Wildman–Crippen MR) is 52.3 cm³/mol. The molecule has 0 radical (unpaired) electrons. The normalized spacial score (nSPS) is 27.5. The minimum atomic E-state index is -0.564. The van der Waals surface area contributed by atoms with Crippen LogP contribution >= 0.6 is 0 Å². The third-order valence-corrected chi connectivity index (χ3v) is 2.41. The highest BCUT2D eigenvalue weighted by atomic mass is 16.3. The van der Waals surface area contributed by atoms with E-state index in [1.807, 2.05) is 6.92 Å². The number of hydrogen-bond donors (Lipinski definition) is 1. The van der Waals surface area contributed by atoms with Crippen molar-refractivity contribution in [2.75, 3.05) is 0 Å². The number of aliphatic hydroxyl groups excluding tert-OH is 1. The van der Waals surface area contributed by atoms with E-state index < -0.39 is 6.10 Å². The van der Waals surface area contributed by atoms with E-state index in [0.717, 1.165) is 18.4 Å². The van der Waals surface area contributed by atoms with Crippen LogP contribution in [0.1, 0.15) is 26.2 Å². The molecule has 0 amide bonds. The fourth-order valence-corrected chi connectivity index (χ4v) is 1.72. The number of ketones is 1. The quantitative estimate of drug-likeness (QED) is 0.670. The van der Waals surface area contributed by atoms with Gasteiger partial charge in [0.1, 0.15) is 0 Å². The Hall–Kier alpha value is -0.890. The summed E-state index contributed by atoms with van der Waals surface area (Å²) in [6.45, 7) is 5.62. The maximum Gasteiger partial charge on any atom is 0.162 e. The highest BCUT2D eigenvalue weighted by molar-refractivity contribution is 5.96. The SMILES string of the molecule is C=CCC1C(=O)C=C(CCC)C1O. The lowest BCUT2D eigenvalue weighted by Crippen LogP contribution is -2.21. The molecule has 0 aromatic heterocycles. The van der Waals surface area contributed by atoms with Crippen LogP contribution in [-0.2, 0) is 4.79 Å². The third kappa shape index (κ3) is 2.07. The summed E-state index contributed by atoms with van der Waals surface area (Å²) in [6, 6.07) is 0. The number of carbonyl (C=O) groups excluding carboxylic acids is 1. The van der Waals surface area contributed by atoms with E-state index in [9.17, 15) is 9.90 Å². The Bertz CT molecular complexity index is 240. The molecular formula is C11H16O2. The van der Waals surface area contributed by atoms with Crippen molar-refractivity contribution in [3.05, 3.63) is 24.3 Å². The second kappa shape index (κ2) is 4.38. The molecule has 1 aliphatic carbocycles. The smallest absolute Gasteiger partial charge is 0.162 e. The molecule has 0 saturated carbocycles. The van der Waals surface area contributed by atoms with Crippen molar-refractivity contribution in [3.63, 3.8) is 0 Å². The van der Waals surface area contributed by atoms with Crippen LogP contribution in [0.5, 0.6) is 0 Å². The zero-order valence-corrected chi connectivity index (χ0v) is 7.99. The summed E-state index contributed by atoms with van der Waals surface area (Å²) in [4.78, 5) is 11.4. The summed E-state index contributed by atoms with van der Waals surface area (Å²) in [5.74, 6) is -0.213.